The van der Waals surface area contributed by atoms with E-state index in [9.17, 15) is 4.79 Å². The minimum atomic E-state index is 0.181. The van der Waals surface area contributed by atoms with Crippen LogP contribution in [0.3, 0.4) is 0 Å². The molecule has 3 nitrogen and oxygen atoms in total. The molecule has 2 aliphatic rings. The number of pyridine rings is 1. The van der Waals surface area contributed by atoms with E-state index < -0.39 is 0 Å². The van der Waals surface area contributed by atoms with E-state index >= 15 is 0 Å². The largest absolute Gasteiger partial charge is 0.306 e. The molecule has 0 radical (unpaired) electrons. The number of anilines is 1. The molecule has 3 heteroatoms. The van der Waals surface area contributed by atoms with Crippen molar-refractivity contribution in [3.8, 4) is 0 Å². The summed E-state index contributed by atoms with van der Waals surface area (Å²) in [7, 11) is 0. The summed E-state index contributed by atoms with van der Waals surface area (Å²) in [4.78, 5) is 19.7. The Balaban J connectivity index is 1.44. The summed E-state index contributed by atoms with van der Waals surface area (Å²) in [6.07, 6.45) is 7.49. The molecule has 0 N–H and O–H groups in total. The zero-order valence-electron chi connectivity index (χ0n) is 15.4. The van der Waals surface area contributed by atoms with Crippen LogP contribution < -0.4 is 4.90 Å². The normalized spacial score (nSPS) is 22.1. The van der Waals surface area contributed by atoms with Gasteiger partial charge in [-0.2, -0.15) is 0 Å². The Labute approximate surface area is 160 Å². The molecule has 5 rings (SSSR count). The van der Waals surface area contributed by atoms with Crippen molar-refractivity contribution in [1.82, 2.24) is 4.98 Å². The maximum Gasteiger partial charge on any atom is 0.232 e. The quantitative estimate of drug-likeness (QED) is 0.582. The van der Waals surface area contributed by atoms with Crippen molar-refractivity contribution < 1.29 is 4.79 Å². The van der Waals surface area contributed by atoms with Crippen molar-refractivity contribution in [2.45, 2.75) is 38.1 Å². The Morgan fingerprint density at radius 1 is 0.963 bits per heavy atom. The third kappa shape index (κ3) is 3.12. The number of benzene rings is 2. The van der Waals surface area contributed by atoms with Crippen molar-refractivity contribution in [3.63, 3.8) is 0 Å². The van der Waals surface area contributed by atoms with Crippen molar-refractivity contribution >= 4 is 22.5 Å². The Kier molecular flexibility index (Phi) is 4.16. The van der Waals surface area contributed by atoms with E-state index in [1.165, 1.54) is 18.4 Å². The Morgan fingerprint density at radius 2 is 1.78 bits per heavy atom. The van der Waals surface area contributed by atoms with E-state index in [2.05, 4.69) is 53.5 Å². The number of carbonyl (C=O) groups is 1. The molecule has 1 aliphatic heterocycles. The van der Waals surface area contributed by atoms with Gasteiger partial charge in [-0.1, -0.05) is 61.4 Å². The number of amides is 1. The maximum atomic E-state index is 13.1. The number of fused-ring (bicyclic) bond motifs is 1. The van der Waals surface area contributed by atoms with Crippen molar-refractivity contribution in [1.29, 1.82) is 0 Å². The lowest BCUT2D eigenvalue weighted by Crippen LogP contribution is -2.61. The molecule has 1 saturated heterocycles. The Morgan fingerprint density at radius 3 is 2.59 bits per heavy atom. The summed E-state index contributed by atoms with van der Waals surface area (Å²) in [5.74, 6) is 1.24. The second kappa shape index (κ2) is 6.80. The molecule has 2 atom stereocenters. The minimum Gasteiger partial charge on any atom is -0.306 e. The average Bonchev–Trinajstić information content (AvgIpc) is 3.54. The molecule has 136 valence electrons. The number of hydrogen-bond acceptors (Lipinski definition) is 2. The predicted molar refractivity (Wildman–Crippen MR) is 109 cm³/mol. The summed E-state index contributed by atoms with van der Waals surface area (Å²) >= 11 is 0. The van der Waals surface area contributed by atoms with E-state index in [1.54, 1.807) is 0 Å². The molecule has 2 aromatic carbocycles. The third-order valence-electron chi connectivity index (χ3n) is 6.08. The standard InChI is InChI=1S/C24H24N2O/c27-24-20(16-18-11-12-18)21(14-13-17-6-2-1-3-7-17)26(24)22-10-4-8-19-9-5-15-25-23(19)22/h1-10,15,18,20-21H,11-14,16H2. The average molecular weight is 356 g/mol. The fourth-order valence-corrected chi connectivity index (χ4v) is 4.44. The van der Waals surface area contributed by atoms with Gasteiger partial charge in [0, 0.05) is 17.6 Å². The number of nitrogens with zero attached hydrogens (tertiary/aromatic N) is 2. The molecule has 1 saturated carbocycles. The molecule has 1 aliphatic carbocycles. The second-order valence-electron chi connectivity index (χ2n) is 7.94. The van der Waals surface area contributed by atoms with Crippen LogP contribution in [-0.4, -0.2) is 16.9 Å². The highest BCUT2D eigenvalue weighted by atomic mass is 16.2. The van der Waals surface area contributed by atoms with Crippen LogP contribution in [0.25, 0.3) is 10.9 Å². The van der Waals surface area contributed by atoms with E-state index in [0.717, 1.165) is 41.8 Å². The van der Waals surface area contributed by atoms with Gasteiger partial charge in [0.1, 0.15) is 0 Å². The highest BCUT2D eigenvalue weighted by Gasteiger charge is 2.49. The van der Waals surface area contributed by atoms with Crippen LogP contribution in [0.4, 0.5) is 5.69 Å². The second-order valence-corrected chi connectivity index (χ2v) is 7.94. The van der Waals surface area contributed by atoms with Gasteiger partial charge in [-0.3, -0.25) is 9.78 Å². The van der Waals surface area contributed by atoms with Crippen molar-refractivity contribution in [2.75, 3.05) is 4.90 Å². The van der Waals surface area contributed by atoms with Crippen LogP contribution >= 0.6 is 0 Å². The summed E-state index contributed by atoms with van der Waals surface area (Å²) in [6.45, 7) is 0. The van der Waals surface area contributed by atoms with Crippen LogP contribution in [0.5, 0.6) is 0 Å². The lowest BCUT2D eigenvalue weighted by atomic mass is 9.79. The van der Waals surface area contributed by atoms with Crippen molar-refractivity contribution in [3.05, 3.63) is 72.4 Å². The molecule has 2 unspecified atom stereocenters. The molecular weight excluding hydrogens is 332 g/mol. The summed E-state index contributed by atoms with van der Waals surface area (Å²) in [5, 5.41) is 1.09. The molecule has 0 bridgehead atoms. The van der Waals surface area contributed by atoms with Gasteiger partial charge < -0.3 is 4.90 Å². The van der Waals surface area contributed by atoms with Gasteiger partial charge in [0.15, 0.2) is 0 Å². The zero-order chi connectivity index (χ0) is 18.2. The summed E-state index contributed by atoms with van der Waals surface area (Å²) < 4.78 is 0. The molecule has 27 heavy (non-hydrogen) atoms. The molecule has 0 spiro atoms. The first kappa shape index (κ1) is 16.5. The molecule has 1 amide bonds. The molecule has 2 heterocycles. The molecule has 1 aromatic heterocycles. The number of rotatable bonds is 6. The number of para-hydroxylation sites is 1. The fourth-order valence-electron chi connectivity index (χ4n) is 4.44. The van der Waals surface area contributed by atoms with Gasteiger partial charge in [0.25, 0.3) is 0 Å². The number of aryl methyl sites for hydroxylation is 1. The lowest BCUT2D eigenvalue weighted by Gasteiger charge is -2.48. The van der Waals surface area contributed by atoms with Gasteiger partial charge >= 0.3 is 0 Å². The van der Waals surface area contributed by atoms with Gasteiger partial charge in [0.05, 0.1) is 17.1 Å². The van der Waals surface area contributed by atoms with Gasteiger partial charge in [-0.25, -0.2) is 0 Å². The van der Waals surface area contributed by atoms with Gasteiger partial charge in [0.2, 0.25) is 5.91 Å². The smallest absolute Gasteiger partial charge is 0.232 e. The van der Waals surface area contributed by atoms with Crippen LogP contribution in [0.2, 0.25) is 0 Å². The number of carbonyl (C=O) groups excluding carboxylic acids is 1. The van der Waals surface area contributed by atoms with E-state index in [4.69, 9.17) is 0 Å². The third-order valence-corrected chi connectivity index (χ3v) is 6.08. The SMILES string of the molecule is O=C1C(CC2CC2)C(CCc2ccccc2)N1c1cccc2cccnc12. The predicted octanol–water partition coefficient (Wildman–Crippen LogP) is 5.00. The first-order valence-corrected chi connectivity index (χ1v) is 10.0. The van der Waals surface area contributed by atoms with Crippen LogP contribution in [0.15, 0.2) is 66.9 Å². The number of hydrogen-bond donors (Lipinski definition) is 0. The Bertz CT molecular complexity index is 959. The van der Waals surface area contributed by atoms with E-state index in [0.29, 0.717) is 0 Å². The minimum absolute atomic E-state index is 0.181. The zero-order valence-corrected chi connectivity index (χ0v) is 15.4. The Hall–Kier alpha value is -2.68. The molecular formula is C24H24N2O. The van der Waals surface area contributed by atoms with Crippen molar-refractivity contribution in [2.24, 2.45) is 11.8 Å². The van der Waals surface area contributed by atoms with Crippen LogP contribution in [0.1, 0.15) is 31.2 Å². The van der Waals surface area contributed by atoms with Crippen LogP contribution in [-0.2, 0) is 11.2 Å². The topological polar surface area (TPSA) is 33.2 Å². The number of β-lactam (4-membered cyclic amide) rings is 1. The number of aromatic nitrogens is 1. The highest BCUT2D eigenvalue weighted by Crippen LogP contribution is 2.45. The molecule has 3 aromatic rings. The summed E-state index contributed by atoms with van der Waals surface area (Å²) in [6, 6.07) is 21.1. The molecule has 2 fully saturated rings. The van der Waals surface area contributed by atoms with Crippen LogP contribution in [0, 0.1) is 11.8 Å². The summed E-state index contributed by atoms with van der Waals surface area (Å²) in [5.41, 5.74) is 3.25. The van der Waals surface area contributed by atoms with E-state index in [1.807, 2.05) is 23.2 Å². The first-order chi connectivity index (χ1) is 13.3. The van der Waals surface area contributed by atoms with Gasteiger partial charge in [-0.15, -0.1) is 0 Å². The fraction of sp³-hybridized carbons (Fsp3) is 0.333. The highest BCUT2D eigenvalue weighted by molar-refractivity contribution is 6.08. The first-order valence-electron chi connectivity index (χ1n) is 10.0. The maximum absolute atomic E-state index is 13.1. The lowest BCUT2D eigenvalue weighted by molar-refractivity contribution is -0.130. The van der Waals surface area contributed by atoms with E-state index in [-0.39, 0.29) is 17.9 Å². The monoisotopic (exact) mass is 356 g/mol. The van der Waals surface area contributed by atoms with Gasteiger partial charge in [-0.05, 0) is 42.9 Å².